The van der Waals surface area contributed by atoms with E-state index in [4.69, 9.17) is 4.74 Å². The largest absolute Gasteiger partial charge is 0.372 e. The van der Waals surface area contributed by atoms with E-state index in [1.54, 1.807) is 29.3 Å². The topological polar surface area (TPSA) is 85.2 Å². The minimum atomic E-state index is -0.178. The highest BCUT2D eigenvalue weighted by atomic mass is 16.5. The fourth-order valence-corrected chi connectivity index (χ4v) is 3.52. The number of aromatic nitrogens is 4. The molecule has 2 atom stereocenters. The van der Waals surface area contributed by atoms with Gasteiger partial charge in [-0.05, 0) is 38.1 Å². The maximum absolute atomic E-state index is 12.6. The van der Waals surface area contributed by atoms with Crippen LogP contribution in [0.5, 0.6) is 0 Å². The van der Waals surface area contributed by atoms with Crippen molar-refractivity contribution in [3.63, 3.8) is 0 Å². The van der Waals surface area contributed by atoms with Crippen molar-refractivity contribution in [2.24, 2.45) is 0 Å². The second-order valence-electron chi connectivity index (χ2n) is 7.19. The number of ether oxygens (including phenoxy) is 1. The molecular weight excluding hydrogens is 368 g/mol. The van der Waals surface area contributed by atoms with Gasteiger partial charge in [0.2, 0.25) is 0 Å². The predicted octanol–water partition coefficient (Wildman–Crippen LogP) is 2.21. The highest BCUT2D eigenvalue weighted by Crippen LogP contribution is 2.18. The first kappa shape index (κ1) is 19.1. The lowest BCUT2D eigenvalue weighted by molar-refractivity contribution is -0.00546. The van der Waals surface area contributed by atoms with E-state index in [0.29, 0.717) is 17.9 Å². The number of pyridine rings is 2. The molecule has 0 bridgehead atoms. The van der Waals surface area contributed by atoms with Gasteiger partial charge < -0.3 is 15.0 Å². The van der Waals surface area contributed by atoms with Crippen LogP contribution in [0.25, 0.3) is 5.82 Å². The smallest absolute Gasteiger partial charge is 0.253 e. The Balaban J connectivity index is 1.41. The van der Waals surface area contributed by atoms with Crippen LogP contribution < -0.4 is 10.2 Å². The van der Waals surface area contributed by atoms with Gasteiger partial charge in [0, 0.05) is 50.0 Å². The number of amides is 1. The monoisotopic (exact) mass is 392 g/mol. The second kappa shape index (κ2) is 8.40. The summed E-state index contributed by atoms with van der Waals surface area (Å²) in [7, 11) is 0. The van der Waals surface area contributed by atoms with Crippen molar-refractivity contribution < 1.29 is 9.53 Å². The van der Waals surface area contributed by atoms with Crippen LogP contribution >= 0.6 is 0 Å². The van der Waals surface area contributed by atoms with Crippen LogP contribution in [0, 0.1) is 0 Å². The molecule has 1 saturated heterocycles. The summed E-state index contributed by atoms with van der Waals surface area (Å²) in [6, 6.07) is 9.29. The Hall–Kier alpha value is -3.26. The molecule has 3 aromatic heterocycles. The standard InChI is InChI=1S/C21H24N6O2/c1-15-13-26(14-16(2)29-15)19-7-6-18(12-23-19)21(28)24-11-17-5-3-8-22-20(17)27-10-4-9-25-27/h3-10,12,15-16H,11,13-14H2,1-2H3,(H,24,28)/t15-,16+. The van der Waals surface area contributed by atoms with E-state index in [-0.39, 0.29) is 18.1 Å². The molecule has 1 aliphatic rings. The van der Waals surface area contributed by atoms with Gasteiger partial charge in [-0.25, -0.2) is 14.6 Å². The molecule has 0 spiro atoms. The van der Waals surface area contributed by atoms with Crippen molar-refractivity contribution in [1.82, 2.24) is 25.1 Å². The zero-order valence-corrected chi connectivity index (χ0v) is 16.5. The normalized spacial score (nSPS) is 19.2. The Labute approximate surface area is 169 Å². The first-order valence-corrected chi connectivity index (χ1v) is 9.68. The Morgan fingerprint density at radius 3 is 2.66 bits per heavy atom. The summed E-state index contributed by atoms with van der Waals surface area (Å²) < 4.78 is 7.45. The molecule has 1 aliphatic heterocycles. The third-order valence-electron chi connectivity index (χ3n) is 4.78. The van der Waals surface area contributed by atoms with Crippen molar-refractivity contribution in [3.05, 3.63) is 66.2 Å². The van der Waals surface area contributed by atoms with Crippen molar-refractivity contribution in [1.29, 1.82) is 0 Å². The number of hydrogen-bond acceptors (Lipinski definition) is 6. The Kier molecular flexibility index (Phi) is 5.53. The van der Waals surface area contributed by atoms with Crippen molar-refractivity contribution >= 4 is 11.7 Å². The number of rotatable bonds is 5. The maximum atomic E-state index is 12.6. The van der Waals surface area contributed by atoms with Crippen LogP contribution in [0.2, 0.25) is 0 Å². The number of morpholine rings is 1. The van der Waals surface area contributed by atoms with E-state index >= 15 is 0 Å². The van der Waals surface area contributed by atoms with Gasteiger partial charge >= 0.3 is 0 Å². The third-order valence-corrected chi connectivity index (χ3v) is 4.78. The molecule has 1 fully saturated rings. The molecule has 0 aromatic carbocycles. The molecule has 8 nitrogen and oxygen atoms in total. The predicted molar refractivity (Wildman–Crippen MR) is 109 cm³/mol. The minimum Gasteiger partial charge on any atom is -0.372 e. The van der Waals surface area contributed by atoms with Crippen molar-refractivity contribution in [2.45, 2.75) is 32.6 Å². The Morgan fingerprint density at radius 1 is 1.14 bits per heavy atom. The minimum absolute atomic E-state index is 0.159. The fourth-order valence-electron chi connectivity index (χ4n) is 3.52. The summed E-state index contributed by atoms with van der Waals surface area (Å²) in [4.78, 5) is 23.6. The number of carbonyl (C=O) groups excluding carboxylic acids is 1. The first-order chi connectivity index (χ1) is 14.1. The van der Waals surface area contributed by atoms with E-state index in [0.717, 1.165) is 24.5 Å². The quantitative estimate of drug-likeness (QED) is 0.717. The summed E-state index contributed by atoms with van der Waals surface area (Å²) in [5.41, 5.74) is 1.40. The highest BCUT2D eigenvalue weighted by molar-refractivity contribution is 5.94. The average Bonchev–Trinajstić information content (AvgIpc) is 3.26. The van der Waals surface area contributed by atoms with Gasteiger partial charge in [0.05, 0.1) is 17.8 Å². The summed E-state index contributed by atoms with van der Waals surface area (Å²) in [6.07, 6.45) is 7.16. The van der Waals surface area contributed by atoms with Gasteiger partial charge in [-0.1, -0.05) is 6.07 Å². The number of nitrogens with one attached hydrogen (secondary N) is 1. The number of anilines is 1. The summed E-state index contributed by atoms with van der Waals surface area (Å²) in [6.45, 7) is 6.04. The lowest BCUT2D eigenvalue weighted by Gasteiger charge is -2.36. The third kappa shape index (κ3) is 4.43. The molecule has 4 heterocycles. The SMILES string of the molecule is C[C@@H]1CN(c2ccc(C(=O)NCc3cccnc3-n3cccn3)cn2)C[C@H](C)O1. The van der Waals surface area contributed by atoms with Crippen molar-refractivity contribution in [2.75, 3.05) is 18.0 Å². The van der Waals surface area contributed by atoms with Gasteiger partial charge in [-0.3, -0.25) is 4.79 Å². The van der Waals surface area contributed by atoms with Crippen molar-refractivity contribution in [3.8, 4) is 5.82 Å². The summed E-state index contributed by atoms with van der Waals surface area (Å²) in [5, 5.41) is 7.15. The molecule has 29 heavy (non-hydrogen) atoms. The summed E-state index contributed by atoms with van der Waals surface area (Å²) >= 11 is 0. The van der Waals surface area contributed by atoms with Gasteiger partial charge in [-0.2, -0.15) is 5.10 Å². The lowest BCUT2D eigenvalue weighted by Crippen LogP contribution is -2.45. The molecule has 0 unspecified atom stereocenters. The second-order valence-corrected chi connectivity index (χ2v) is 7.19. The van der Waals surface area contributed by atoms with Crippen LogP contribution in [-0.4, -0.2) is 51.0 Å². The lowest BCUT2D eigenvalue weighted by atomic mass is 10.2. The fraction of sp³-hybridized carbons (Fsp3) is 0.333. The summed E-state index contributed by atoms with van der Waals surface area (Å²) in [5.74, 6) is 1.38. The van der Waals surface area contributed by atoms with E-state index in [2.05, 4.69) is 39.1 Å². The van der Waals surface area contributed by atoms with Crippen LogP contribution in [0.3, 0.4) is 0 Å². The van der Waals surface area contributed by atoms with Gasteiger partial charge in [0.15, 0.2) is 5.82 Å². The molecule has 8 heteroatoms. The number of hydrogen-bond donors (Lipinski definition) is 1. The highest BCUT2D eigenvalue weighted by Gasteiger charge is 2.23. The van der Waals surface area contributed by atoms with E-state index in [9.17, 15) is 4.79 Å². The molecular formula is C21H24N6O2. The van der Waals surface area contributed by atoms with E-state index in [1.807, 2.05) is 30.5 Å². The number of carbonyl (C=O) groups is 1. The van der Waals surface area contributed by atoms with Gasteiger partial charge in [-0.15, -0.1) is 0 Å². The zero-order valence-electron chi connectivity index (χ0n) is 16.5. The maximum Gasteiger partial charge on any atom is 0.253 e. The molecule has 1 N–H and O–H groups in total. The van der Waals surface area contributed by atoms with Gasteiger partial charge in [0.1, 0.15) is 5.82 Å². The van der Waals surface area contributed by atoms with E-state index in [1.165, 1.54) is 0 Å². The molecule has 1 amide bonds. The van der Waals surface area contributed by atoms with Gasteiger partial charge in [0.25, 0.3) is 5.91 Å². The average molecular weight is 392 g/mol. The van der Waals surface area contributed by atoms with Crippen LogP contribution in [0.15, 0.2) is 55.1 Å². The molecule has 0 aliphatic carbocycles. The zero-order chi connectivity index (χ0) is 20.2. The molecule has 3 aromatic rings. The molecule has 150 valence electrons. The first-order valence-electron chi connectivity index (χ1n) is 9.68. The Bertz CT molecular complexity index is 948. The number of nitrogens with zero attached hydrogens (tertiary/aromatic N) is 5. The van der Waals surface area contributed by atoms with Crippen LogP contribution in [-0.2, 0) is 11.3 Å². The van der Waals surface area contributed by atoms with Crippen LogP contribution in [0.1, 0.15) is 29.8 Å². The van der Waals surface area contributed by atoms with Crippen LogP contribution in [0.4, 0.5) is 5.82 Å². The molecule has 0 saturated carbocycles. The van der Waals surface area contributed by atoms with E-state index < -0.39 is 0 Å². The Morgan fingerprint density at radius 2 is 1.97 bits per heavy atom. The molecule has 4 rings (SSSR count). The molecule has 0 radical (unpaired) electrons.